The molecule has 2 aromatic heterocycles. The summed E-state index contributed by atoms with van der Waals surface area (Å²) in [6.45, 7) is 8.41. The maximum atomic E-state index is 4.45. The molecule has 6 heteroatoms. The van der Waals surface area contributed by atoms with Crippen LogP contribution in [0.4, 0.5) is 0 Å². The summed E-state index contributed by atoms with van der Waals surface area (Å²) >= 11 is 3.32. The summed E-state index contributed by atoms with van der Waals surface area (Å²) in [6.07, 6.45) is 0. The molecule has 2 heterocycles. The molecule has 0 amide bonds. The van der Waals surface area contributed by atoms with Crippen molar-refractivity contribution in [3.63, 3.8) is 0 Å². The van der Waals surface area contributed by atoms with E-state index in [0.717, 1.165) is 17.2 Å². The Morgan fingerprint density at radius 1 is 0.733 bits per heavy atom. The standard InChI is InChI=1S/C24H24N4S2/c1-16-23(29-14-25-16)21(19-10-6-4-7-11-19)27-18(3)28-22(20-12-8-5-9-13-20)24-17(2)26-15-30-24/h4-15,21-22,27-28H,3H2,1-2H3. The highest BCUT2D eigenvalue weighted by molar-refractivity contribution is 7.10. The number of nitrogens with zero attached hydrogens (tertiary/aromatic N) is 2. The molecule has 152 valence electrons. The first kappa shape index (κ1) is 20.3. The van der Waals surface area contributed by atoms with Crippen LogP contribution >= 0.6 is 22.7 Å². The summed E-state index contributed by atoms with van der Waals surface area (Å²) in [7, 11) is 0. The van der Waals surface area contributed by atoms with Crippen LogP contribution in [0.15, 0.2) is 84.1 Å². The molecule has 0 saturated carbocycles. The van der Waals surface area contributed by atoms with Gasteiger partial charge >= 0.3 is 0 Å². The van der Waals surface area contributed by atoms with Gasteiger partial charge in [-0.05, 0) is 25.0 Å². The van der Waals surface area contributed by atoms with Gasteiger partial charge in [-0.1, -0.05) is 67.2 Å². The molecule has 30 heavy (non-hydrogen) atoms. The van der Waals surface area contributed by atoms with Crippen molar-refractivity contribution in [2.24, 2.45) is 0 Å². The van der Waals surface area contributed by atoms with E-state index in [4.69, 9.17) is 0 Å². The first-order chi connectivity index (χ1) is 14.6. The molecule has 0 bridgehead atoms. The number of hydrogen-bond donors (Lipinski definition) is 2. The monoisotopic (exact) mass is 432 g/mol. The average Bonchev–Trinajstić information content (AvgIpc) is 3.39. The van der Waals surface area contributed by atoms with E-state index in [-0.39, 0.29) is 12.1 Å². The fraction of sp³-hybridized carbons (Fsp3) is 0.167. The fourth-order valence-corrected chi connectivity index (χ4v) is 5.22. The van der Waals surface area contributed by atoms with Gasteiger partial charge in [-0.15, -0.1) is 22.7 Å². The predicted octanol–water partition coefficient (Wildman–Crippen LogP) is 5.75. The van der Waals surface area contributed by atoms with Crippen molar-refractivity contribution in [3.05, 3.63) is 116 Å². The topological polar surface area (TPSA) is 49.8 Å². The van der Waals surface area contributed by atoms with Crippen molar-refractivity contribution >= 4 is 22.7 Å². The van der Waals surface area contributed by atoms with Gasteiger partial charge in [0.1, 0.15) is 0 Å². The highest BCUT2D eigenvalue weighted by Gasteiger charge is 2.22. The Hall–Kier alpha value is -2.96. The van der Waals surface area contributed by atoms with Crippen LogP contribution in [0.3, 0.4) is 0 Å². The molecule has 4 nitrogen and oxygen atoms in total. The Bertz CT molecular complexity index is 1010. The number of hydrogen-bond acceptors (Lipinski definition) is 6. The lowest BCUT2D eigenvalue weighted by Gasteiger charge is -2.26. The molecule has 0 aliphatic carbocycles. The molecule has 0 radical (unpaired) electrons. The molecule has 0 aliphatic rings. The van der Waals surface area contributed by atoms with Gasteiger partial charge < -0.3 is 10.6 Å². The molecule has 2 unspecified atom stereocenters. The second-order valence-corrected chi connectivity index (χ2v) is 8.83. The molecule has 2 atom stereocenters. The summed E-state index contributed by atoms with van der Waals surface area (Å²) in [5.41, 5.74) is 8.22. The van der Waals surface area contributed by atoms with Gasteiger partial charge in [0.25, 0.3) is 0 Å². The Morgan fingerprint density at radius 2 is 1.13 bits per heavy atom. The van der Waals surface area contributed by atoms with Gasteiger partial charge in [-0.2, -0.15) is 0 Å². The van der Waals surface area contributed by atoms with Crippen LogP contribution in [0.25, 0.3) is 0 Å². The molecule has 4 aromatic rings. The number of rotatable bonds is 8. The Morgan fingerprint density at radius 3 is 1.47 bits per heavy atom. The molecule has 0 saturated heterocycles. The zero-order valence-corrected chi connectivity index (χ0v) is 18.6. The van der Waals surface area contributed by atoms with Gasteiger partial charge in [0, 0.05) is 0 Å². The fourth-order valence-electron chi connectivity index (χ4n) is 3.46. The minimum atomic E-state index is -0.0160. The van der Waals surface area contributed by atoms with Crippen LogP contribution in [0.5, 0.6) is 0 Å². The third kappa shape index (κ3) is 4.45. The number of benzene rings is 2. The van der Waals surface area contributed by atoms with E-state index in [0.29, 0.717) is 0 Å². The zero-order chi connectivity index (χ0) is 20.9. The summed E-state index contributed by atoms with van der Waals surface area (Å²) in [5, 5.41) is 7.21. The van der Waals surface area contributed by atoms with Crippen molar-refractivity contribution in [2.45, 2.75) is 25.9 Å². The minimum Gasteiger partial charge on any atom is -0.361 e. The first-order valence-electron chi connectivity index (χ1n) is 9.75. The molecule has 0 spiro atoms. The maximum Gasteiger partial charge on any atom is 0.0928 e. The second kappa shape index (κ2) is 9.24. The van der Waals surface area contributed by atoms with Crippen molar-refractivity contribution < 1.29 is 0 Å². The molecule has 4 rings (SSSR count). The summed E-state index contributed by atoms with van der Waals surface area (Å²) in [4.78, 5) is 11.3. The van der Waals surface area contributed by atoms with E-state index < -0.39 is 0 Å². The first-order valence-corrected chi connectivity index (χ1v) is 11.5. The smallest absolute Gasteiger partial charge is 0.0928 e. The van der Waals surface area contributed by atoms with Gasteiger partial charge in [0.15, 0.2) is 0 Å². The van der Waals surface area contributed by atoms with E-state index in [1.807, 2.05) is 37.0 Å². The van der Waals surface area contributed by atoms with Gasteiger partial charge in [-0.25, -0.2) is 9.97 Å². The highest BCUT2D eigenvalue weighted by atomic mass is 32.1. The van der Waals surface area contributed by atoms with Crippen molar-refractivity contribution in [1.29, 1.82) is 0 Å². The van der Waals surface area contributed by atoms with E-state index >= 15 is 0 Å². The van der Waals surface area contributed by atoms with Crippen LogP contribution in [0, 0.1) is 13.8 Å². The van der Waals surface area contributed by atoms with Crippen LogP contribution in [-0.2, 0) is 0 Å². The third-order valence-electron chi connectivity index (χ3n) is 4.99. The lowest BCUT2D eigenvalue weighted by molar-refractivity contribution is 0.591. The van der Waals surface area contributed by atoms with Gasteiger partial charge in [-0.3, -0.25) is 0 Å². The SMILES string of the molecule is C=C(NC(c1ccccc1)c1scnc1C)NC(c1ccccc1)c1scnc1C. The number of thiazole rings is 2. The van der Waals surface area contributed by atoms with E-state index in [9.17, 15) is 0 Å². The summed E-state index contributed by atoms with van der Waals surface area (Å²) < 4.78 is 0. The lowest BCUT2D eigenvalue weighted by atomic mass is 10.0. The van der Waals surface area contributed by atoms with Gasteiger partial charge in [0.05, 0.1) is 50.1 Å². The normalized spacial score (nSPS) is 12.9. The zero-order valence-electron chi connectivity index (χ0n) is 17.0. The summed E-state index contributed by atoms with van der Waals surface area (Å²) in [6, 6.07) is 20.8. The quantitative estimate of drug-likeness (QED) is 0.372. The maximum absolute atomic E-state index is 4.45. The lowest BCUT2D eigenvalue weighted by Crippen LogP contribution is -2.32. The third-order valence-corrected chi connectivity index (χ3v) is 6.98. The van der Waals surface area contributed by atoms with Crippen LogP contribution in [-0.4, -0.2) is 9.97 Å². The molecular weight excluding hydrogens is 408 g/mol. The van der Waals surface area contributed by atoms with Crippen molar-refractivity contribution in [3.8, 4) is 0 Å². The highest BCUT2D eigenvalue weighted by Crippen LogP contribution is 2.31. The second-order valence-electron chi connectivity index (χ2n) is 7.06. The van der Waals surface area contributed by atoms with Crippen LogP contribution < -0.4 is 10.6 Å². The summed E-state index contributed by atoms with van der Waals surface area (Å²) in [5.74, 6) is 0.762. The largest absolute Gasteiger partial charge is 0.361 e. The minimum absolute atomic E-state index is 0.0160. The number of aromatic nitrogens is 2. The Kier molecular flexibility index (Phi) is 6.26. The van der Waals surface area contributed by atoms with E-state index in [1.54, 1.807) is 22.7 Å². The van der Waals surface area contributed by atoms with Crippen LogP contribution in [0.2, 0.25) is 0 Å². The average molecular weight is 433 g/mol. The molecule has 2 N–H and O–H groups in total. The number of aryl methyl sites for hydroxylation is 2. The van der Waals surface area contributed by atoms with E-state index in [2.05, 4.69) is 75.7 Å². The molecule has 2 aromatic carbocycles. The van der Waals surface area contributed by atoms with Crippen LogP contribution in [0.1, 0.15) is 44.4 Å². The van der Waals surface area contributed by atoms with Crippen molar-refractivity contribution in [1.82, 2.24) is 20.6 Å². The number of nitrogens with one attached hydrogen (secondary N) is 2. The Balaban J connectivity index is 1.62. The molecule has 0 aliphatic heterocycles. The van der Waals surface area contributed by atoms with E-state index in [1.165, 1.54) is 20.9 Å². The Labute approximate surface area is 185 Å². The molecule has 0 fully saturated rings. The van der Waals surface area contributed by atoms with Crippen molar-refractivity contribution in [2.75, 3.05) is 0 Å². The predicted molar refractivity (Wildman–Crippen MR) is 126 cm³/mol. The van der Waals surface area contributed by atoms with Gasteiger partial charge in [0.2, 0.25) is 0 Å². The molecular formula is C24H24N4S2.